The molecule has 0 aliphatic heterocycles. The molecule has 7 nitrogen and oxygen atoms in total. The number of rotatable bonds is 9. The average molecular weight is 508 g/mol. The van der Waals surface area contributed by atoms with Crippen molar-refractivity contribution in [1.29, 1.82) is 0 Å². The van der Waals surface area contributed by atoms with Crippen LogP contribution >= 0.6 is 0 Å². The number of nitrogens with one attached hydrogen (secondary N) is 1. The van der Waals surface area contributed by atoms with Gasteiger partial charge in [0.05, 0.1) is 5.39 Å². The number of fused-ring (bicyclic) bond motifs is 1. The van der Waals surface area contributed by atoms with Crippen molar-refractivity contribution < 1.29 is 23.4 Å². The molecule has 0 spiro atoms. The maximum atomic E-state index is 12.9. The van der Waals surface area contributed by atoms with Crippen LogP contribution in [0.3, 0.4) is 0 Å². The molecule has 0 aliphatic carbocycles. The minimum Gasteiger partial charge on any atom is -0.484 e. The lowest BCUT2D eigenvalue weighted by Crippen LogP contribution is -2.20. The summed E-state index contributed by atoms with van der Waals surface area (Å²) >= 11 is 0. The summed E-state index contributed by atoms with van der Waals surface area (Å²) in [6.45, 7) is 1.80. The Balaban J connectivity index is 1.19. The van der Waals surface area contributed by atoms with Crippen molar-refractivity contribution in [2.75, 3.05) is 11.9 Å². The van der Waals surface area contributed by atoms with Crippen LogP contribution in [0.1, 0.15) is 12.5 Å². The first-order valence-corrected chi connectivity index (χ1v) is 12.2. The van der Waals surface area contributed by atoms with Crippen molar-refractivity contribution in [2.24, 2.45) is 0 Å². The highest BCUT2D eigenvalue weighted by molar-refractivity contribution is 5.92. The first-order valence-electron chi connectivity index (χ1n) is 12.2. The summed E-state index contributed by atoms with van der Waals surface area (Å²) in [5, 5.41) is 3.13. The van der Waals surface area contributed by atoms with Crippen LogP contribution < -0.4 is 25.0 Å². The maximum absolute atomic E-state index is 12.9. The number of aryl methyl sites for hydroxylation is 1. The molecule has 5 aromatic rings. The van der Waals surface area contributed by atoms with Gasteiger partial charge in [0.25, 0.3) is 5.91 Å². The molecule has 0 aliphatic rings. The van der Waals surface area contributed by atoms with Gasteiger partial charge in [-0.15, -0.1) is 0 Å². The Labute approximate surface area is 219 Å². The van der Waals surface area contributed by atoms with E-state index in [1.165, 1.54) is 6.26 Å². The lowest BCUT2D eigenvalue weighted by atomic mass is 10.1. The summed E-state index contributed by atoms with van der Waals surface area (Å²) in [6, 6.07) is 28.8. The first-order chi connectivity index (χ1) is 18.6. The summed E-state index contributed by atoms with van der Waals surface area (Å²) in [5.41, 5.74) is 1.64. The highest BCUT2D eigenvalue weighted by atomic mass is 16.5. The van der Waals surface area contributed by atoms with E-state index in [1.54, 1.807) is 42.5 Å². The van der Waals surface area contributed by atoms with E-state index in [1.807, 2.05) is 61.5 Å². The molecule has 7 heteroatoms. The Morgan fingerprint density at radius 2 is 1.50 bits per heavy atom. The second kappa shape index (κ2) is 11.3. The Kier molecular flexibility index (Phi) is 7.36. The molecule has 1 heterocycles. The lowest BCUT2D eigenvalue weighted by Gasteiger charge is -2.10. The quantitative estimate of drug-likeness (QED) is 0.232. The van der Waals surface area contributed by atoms with Crippen LogP contribution in [-0.4, -0.2) is 12.5 Å². The van der Waals surface area contributed by atoms with Crippen LogP contribution in [0, 0.1) is 0 Å². The summed E-state index contributed by atoms with van der Waals surface area (Å²) in [7, 11) is 0. The van der Waals surface area contributed by atoms with Gasteiger partial charge >= 0.3 is 0 Å². The molecule has 0 unspecified atom stereocenters. The van der Waals surface area contributed by atoms with Crippen molar-refractivity contribution in [1.82, 2.24) is 0 Å². The number of carbonyl (C=O) groups excluding carboxylic acids is 1. The fourth-order valence-electron chi connectivity index (χ4n) is 3.84. The molecule has 0 atom stereocenters. The molecule has 4 aromatic carbocycles. The van der Waals surface area contributed by atoms with Gasteiger partial charge in [0.15, 0.2) is 6.61 Å². The van der Waals surface area contributed by atoms with E-state index in [9.17, 15) is 9.59 Å². The highest BCUT2D eigenvalue weighted by Crippen LogP contribution is 2.27. The van der Waals surface area contributed by atoms with Gasteiger partial charge in [0.1, 0.15) is 34.8 Å². The fraction of sp³-hybridized carbons (Fsp3) is 0.0968. The number of ether oxygens (including phenoxy) is 3. The summed E-state index contributed by atoms with van der Waals surface area (Å²) < 4.78 is 22.9. The molecule has 5 rings (SSSR count). The summed E-state index contributed by atoms with van der Waals surface area (Å²) in [5.74, 6) is 2.17. The predicted octanol–water partition coefficient (Wildman–Crippen LogP) is 6.96. The minimum atomic E-state index is -0.332. The summed E-state index contributed by atoms with van der Waals surface area (Å²) in [4.78, 5) is 25.3. The SMILES string of the molecule is CCc1ccccc1Oc1coc2cc(OCC(=O)Nc3ccc(Oc4ccccc4)cc3)ccc2c1=O. The Hall–Kier alpha value is -5.04. The zero-order valence-electron chi connectivity index (χ0n) is 20.7. The van der Waals surface area contributed by atoms with Crippen LogP contribution in [0.4, 0.5) is 5.69 Å². The summed E-state index contributed by atoms with van der Waals surface area (Å²) in [6.07, 6.45) is 2.07. The van der Waals surface area contributed by atoms with Gasteiger partial charge in [-0.05, 0) is 66.6 Å². The second-order valence-corrected chi connectivity index (χ2v) is 8.43. The van der Waals surface area contributed by atoms with Crippen molar-refractivity contribution >= 4 is 22.6 Å². The molecule has 0 saturated heterocycles. The topological polar surface area (TPSA) is 87.0 Å². The van der Waals surface area contributed by atoms with E-state index < -0.39 is 0 Å². The van der Waals surface area contributed by atoms with Gasteiger partial charge in [-0.1, -0.05) is 43.3 Å². The van der Waals surface area contributed by atoms with Crippen LogP contribution in [0.25, 0.3) is 11.0 Å². The average Bonchev–Trinajstić information content (AvgIpc) is 2.95. The molecule has 0 bridgehead atoms. The largest absolute Gasteiger partial charge is 0.484 e. The molecule has 0 fully saturated rings. The maximum Gasteiger partial charge on any atom is 0.262 e. The molecule has 0 radical (unpaired) electrons. The fourth-order valence-corrected chi connectivity index (χ4v) is 3.84. The van der Waals surface area contributed by atoms with Crippen molar-refractivity contribution in [3.05, 3.63) is 119 Å². The molecule has 1 amide bonds. The smallest absolute Gasteiger partial charge is 0.262 e. The normalized spacial score (nSPS) is 10.7. The number of para-hydroxylation sites is 2. The van der Waals surface area contributed by atoms with Gasteiger partial charge in [0.2, 0.25) is 11.2 Å². The van der Waals surface area contributed by atoms with Gasteiger partial charge in [0, 0.05) is 11.8 Å². The predicted molar refractivity (Wildman–Crippen MR) is 145 cm³/mol. The number of hydrogen-bond acceptors (Lipinski definition) is 6. The number of anilines is 1. The van der Waals surface area contributed by atoms with Gasteiger partial charge in [-0.25, -0.2) is 0 Å². The van der Waals surface area contributed by atoms with E-state index in [4.69, 9.17) is 18.6 Å². The Bertz CT molecular complexity index is 1610. The third kappa shape index (κ3) is 5.84. The van der Waals surface area contributed by atoms with Crippen molar-refractivity contribution in [2.45, 2.75) is 13.3 Å². The van der Waals surface area contributed by atoms with E-state index in [2.05, 4.69) is 5.32 Å². The van der Waals surface area contributed by atoms with E-state index >= 15 is 0 Å². The van der Waals surface area contributed by atoms with E-state index in [0.717, 1.165) is 17.7 Å². The van der Waals surface area contributed by atoms with Gasteiger partial charge in [-0.3, -0.25) is 9.59 Å². The van der Waals surface area contributed by atoms with Gasteiger partial charge in [-0.2, -0.15) is 0 Å². The molecular weight excluding hydrogens is 482 g/mol. The third-order valence-corrected chi connectivity index (χ3v) is 5.77. The zero-order valence-corrected chi connectivity index (χ0v) is 20.7. The molecular formula is C31H25NO6. The van der Waals surface area contributed by atoms with Crippen molar-refractivity contribution in [3.8, 4) is 28.7 Å². The van der Waals surface area contributed by atoms with Crippen LogP contribution in [0.5, 0.6) is 28.7 Å². The zero-order chi connectivity index (χ0) is 26.3. The molecule has 1 aromatic heterocycles. The van der Waals surface area contributed by atoms with Crippen LogP contribution in [0.2, 0.25) is 0 Å². The number of carbonyl (C=O) groups is 1. The minimum absolute atomic E-state index is 0.103. The van der Waals surface area contributed by atoms with Crippen LogP contribution in [0.15, 0.2) is 113 Å². The van der Waals surface area contributed by atoms with E-state index in [-0.39, 0.29) is 23.7 Å². The monoisotopic (exact) mass is 507 g/mol. The second-order valence-electron chi connectivity index (χ2n) is 8.43. The Morgan fingerprint density at radius 1 is 0.789 bits per heavy atom. The van der Waals surface area contributed by atoms with Crippen molar-refractivity contribution in [3.63, 3.8) is 0 Å². The number of hydrogen-bond donors (Lipinski definition) is 1. The first kappa shape index (κ1) is 24.6. The number of benzene rings is 4. The standard InChI is InChI=1S/C31H25NO6/c1-2-21-8-6-7-11-27(21)38-29-19-36-28-18-25(16-17-26(28)31(29)34)35-20-30(33)32-22-12-14-24(15-13-22)37-23-9-4-3-5-10-23/h3-19H,2,20H2,1H3,(H,32,33). The number of amides is 1. The van der Waals surface area contributed by atoms with Crippen LogP contribution in [-0.2, 0) is 11.2 Å². The molecule has 190 valence electrons. The molecule has 1 N–H and O–H groups in total. The molecule has 38 heavy (non-hydrogen) atoms. The molecule has 0 saturated carbocycles. The lowest BCUT2D eigenvalue weighted by molar-refractivity contribution is -0.118. The van der Waals surface area contributed by atoms with E-state index in [0.29, 0.717) is 33.9 Å². The Morgan fingerprint density at radius 3 is 2.29 bits per heavy atom. The third-order valence-electron chi connectivity index (χ3n) is 5.77. The highest BCUT2D eigenvalue weighted by Gasteiger charge is 2.12. The van der Waals surface area contributed by atoms with Gasteiger partial charge < -0.3 is 23.9 Å².